The molecule has 0 aromatic rings. The Balaban J connectivity index is 5.16. The number of hydrogen-bond acceptors (Lipinski definition) is 15. The van der Waals surface area contributed by atoms with E-state index in [1.165, 1.54) is 212 Å². The van der Waals surface area contributed by atoms with Crippen LogP contribution < -0.4 is 0 Å². The summed E-state index contributed by atoms with van der Waals surface area (Å²) in [6, 6.07) is 0. The van der Waals surface area contributed by atoms with E-state index in [0.717, 1.165) is 120 Å². The van der Waals surface area contributed by atoms with Crippen molar-refractivity contribution in [3.63, 3.8) is 0 Å². The van der Waals surface area contributed by atoms with Gasteiger partial charge in [-0.1, -0.05) is 363 Å². The summed E-state index contributed by atoms with van der Waals surface area (Å²) in [6.45, 7) is 12.0. The van der Waals surface area contributed by atoms with Crippen LogP contribution in [0.25, 0.3) is 0 Å². The number of ether oxygens (including phenoxy) is 4. The zero-order valence-corrected chi connectivity index (χ0v) is 66.8. The maximum atomic E-state index is 13.1. The lowest BCUT2D eigenvalue weighted by molar-refractivity contribution is -0.161. The van der Waals surface area contributed by atoms with E-state index in [9.17, 15) is 43.2 Å². The number of rotatable bonds is 78. The second kappa shape index (κ2) is 70.4. The van der Waals surface area contributed by atoms with E-state index in [4.69, 9.17) is 37.0 Å². The molecule has 0 aliphatic rings. The molecule has 3 N–H and O–H groups in total. The number of aliphatic hydroxyl groups is 1. The predicted octanol–water partition coefficient (Wildman–Crippen LogP) is 23.7. The number of phosphoric ester groups is 2. The molecule has 0 heterocycles. The van der Waals surface area contributed by atoms with Crippen molar-refractivity contribution in [2.24, 2.45) is 17.8 Å². The SMILES string of the molecule is CCCCCCCCCC(=O)OC[C@H](COP(=O)(O)OC[C@H](O)COP(=O)(O)OC[C@@H](COC(=O)CCCCCCCCCCCCCCCCCC(C)C)OC(=O)CCCCCCCCCCCCCCCCCCCCC(C)CC)OC(=O)CCCCCCCCCCCC(C)C. The number of phosphoric acid groups is 2. The topological polar surface area (TPSA) is 237 Å². The van der Waals surface area contributed by atoms with Gasteiger partial charge in [0.15, 0.2) is 12.2 Å². The standard InChI is InChI=1S/C80H156O17P2/c1-8-10-11-12-37-47-54-61-77(82)90-67-75(96-80(85)64-57-50-43-36-30-32-39-45-52-59-72(5)6)69-94-98(86,87)92-65-74(81)66-93-99(88,89)95-70-76(68-91-78(83)62-55-48-41-34-28-24-21-17-18-22-26-31-38-44-51-58-71(3)4)97-79(84)63-56-49-42-35-29-25-20-16-14-13-15-19-23-27-33-40-46-53-60-73(7)9-2/h71-76,81H,8-70H2,1-7H3,(H,86,87)(H,88,89)/t73?,74-,75+,76+/m0/s1. The van der Waals surface area contributed by atoms with Crippen molar-refractivity contribution in [3.8, 4) is 0 Å². The Kier molecular flexibility index (Phi) is 69.0. The molecule has 0 fully saturated rings. The second-order valence-electron chi connectivity index (χ2n) is 30.0. The number of carbonyl (C=O) groups excluding carboxylic acids is 4. The summed E-state index contributed by atoms with van der Waals surface area (Å²) < 4.78 is 68.5. The molecule has 0 saturated heterocycles. The molecule has 0 rings (SSSR count). The van der Waals surface area contributed by atoms with Crippen molar-refractivity contribution in [2.75, 3.05) is 39.6 Å². The molecule has 0 saturated carbocycles. The molecule has 99 heavy (non-hydrogen) atoms. The Hall–Kier alpha value is -1.94. The monoisotopic (exact) mass is 1450 g/mol. The van der Waals surface area contributed by atoms with E-state index >= 15 is 0 Å². The number of esters is 4. The van der Waals surface area contributed by atoms with Crippen molar-refractivity contribution in [3.05, 3.63) is 0 Å². The zero-order valence-electron chi connectivity index (χ0n) is 65.0. The van der Waals surface area contributed by atoms with E-state index in [0.29, 0.717) is 25.7 Å². The Labute approximate surface area is 607 Å². The summed E-state index contributed by atoms with van der Waals surface area (Å²) in [5.74, 6) is 0.296. The summed E-state index contributed by atoms with van der Waals surface area (Å²) in [5.41, 5.74) is 0. The Morgan fingerprint density at radius 2 is 0.515 bits per heavy atom. The lowest BCUT2D eigenvalue weighted by Crippen LogP contribution is -2.30. The van der Waals surface area contributed by atoms with Gasteiger partial charge in [-0.3, -0.25) is 37.3 Å². The maximum absolute atomic E-state index is 13.1. The molecule has 0 aromatic carbocycles. The van der Waals surface area contributed by atoms with Crippen LogP contribution in [0, 0.1) is 17.8 Å². The van der Waals surface area contributed by atoms with Crippen LogP contribution in [0.3, 0.4) is 0 Å². The van der Waals surface area contributed by atoms with Crippen LogP contribution in [0.2, 0.25) is 0 Å². The summed E-state index contributed by atoms with van der Waals surface area (Å²) in [6.07, 6.45) is 58.5. The number of unbranched alkanes of at least 4 members (excludes halogenated alkanes) is 45. The molecule has 6 atom stereocenters. The highest BCUT2D eigenvalue weighted by atomic mass is 31.2. The highest BCUT2D eigenvalue weighted by Crippen LogP contribution is 2.45. The molecule has 19 heteroatoms. The average Bonchev–Trinajstić information content (AvgIpc) is 1.13. The fraction of sp³-hybridized carbons (Fsp3) is 0.950. The summed E-state index contributed by atoms with van der Waals surface area (Å²) in [7, 11) is -9.91. The highest BCUT2D eigenvalue weighted by molar-refractivity contribution is 7.47. The molecule has 0 spiro atoms. The molecular weight excluding hydrogens is 1290 g/mol. The van der Waals surface area contributed by atoms with Crippen molar-refractivity contribution in [2.45, 2.75) is 433 Å². The minimum Gasteiger partial charge on any atom is -0.462 e. The predicted molar refractivity (Wildman–Crippen MR) is 405 cm³/mol. The van der Waals surface area contributed by atoms with Gasteiger partial charge in [-0.2, -0.15) is 0 Å². The largest absolute Gasteiger partial charge is 0.472 e. The molecule has 17 nitrogen and oxygen atoms in total. The summed E-state index contributed by atoms with van der Waals surface area (Å²) in [5, 5.41) is 10.6. The smallest absolute Gasteiger partial charge is 0.462 e. The number of aliphatic hydroxyl groups excluding tert-OH is 1. The van der Waals surface area contributed by atoms with Gasteiger partial charge < -0.3 is 33.8 Å². The van der Waals surface area contributed by atoms with Gasteiger partial charge in [0.05, 0.1) is 26.4 Å². The van der Waals surface area contributed by atoms with Gasteiger partial charge in [0.2, 0.25) is 0 Å². The van der Waals surface area contributed by atoms with Gasteiger partial charge in [-0.05, 0) is 43.4 Å². The van der Waals surface area contributed by atoms with E-state index in [-0.39, 0.29) is 25.7 Å². The first-order valence-corrected chi connectivity index (χ1v) is 44.4. The van der Waals surface area contributed by atoms with Crippen LogP contribution in [0.15, 0.2) is 0 Å². The van der Waals surface area contributed by atoms with Crippen molar-refractivity contribution in [1.82, 2.24) is 0 Å². The third-order valence-electron chi connectivity index (χ3n) is 19.0. The van der Waals surface area contributed by atoms with Gasteiger partial charge in [0.25, 0.3) is 0 Å². The fourth-order valence-corrected chi connectivity index (χ4v) is 13.9. The van der Waals surface area contributed by atoms with Crippen LogP contribution in [-0.2, 0) is 65.4 Å². The molecule has 0 aliphatic heterocycles. The molecule has 0 aromatic heterocycles. The van der Waals surface area contributed by atoms with E-state index in [2.05, 4.69) is 48.5 Å². The van der Waals surface area contributed by atoms with E-state index in [1.807, 2.05) is 0 Å². The molecule has 3 unspecified atom stereocenters. The number of carbonyl (C=O) groups is 4. The molecule has 588 valence electrons. The summed E-state index contributed by atoms with van der Waals surface area (Å²) >= 11 is 0. The minimum absolute atomic E-state index is 0.105. The average molecular weight is 1450 g/mol. The second-order valence-corrected chi connectivity index (χ2v) is 32.9. The van der Waals surface area contributed by atoms with Gasteiger partial charge in [-0.15, -0.1) is 0 Å². The van der Waals surface area contributed by atoms with Crippen LogP contribution in [0.5, 0.6) is 0 Å². The lowest BCUT2D eigenvalue weighted by atomic mass is 9.99. The normalized spacial score (nSPS) is 14.3. The van der Waals surface area contributed by atoms with Gasteiger partial charge >= 0.3 is 39.5 Å². The molecule has 0 aliphatic carbocycles. The Morgan fingerprint density at radius 3 is 0.768 bits per heavy atom. The Morgan fingerprint density at radius 1 is 0.293 bits per heavy atom. The van der Waals surface area contributed by atoms with Gasteiger partial charge in [0.1, 0.15) is 19.3 Å². The van der Waals surface area contributed by atoms with Crippen molar-refractivity contribution < 1.29 is 80.2 Å². The number of hydrogen-bond donors (Lipinski definition) is 3. The first kappa shape index (κ1) is 97.1. The summed E-state index contributed by atoms with van der Waals surface area (Å²) in [4.78, 5) is 72.8. The molecule has 0 amide bonds. The van der Waals surface area contributed by atoms with E-state index < -0.39 is 97.5 Å². The molecule has 0 radical (unpaired) electrons. The van der Waals surface area contributed by atoms with Crippen molar-refractivity contribution in [1.29, 1.82) is 0 Å². The van der Waals surface area contributed by atoms with E-state index in [1.54, 1.807) is 0 Å². The van der Waals surface area contributed by atoms with Gasteiger partial charge in [-0.25, -0.2) is 9.13 Å². The third-order valence-corrected chi connectivity index (χ3v) is 20.9. The first-order chi connectivity index (χ1) is 47.8. The Bertz CT molecular complexity index is 1920. The molecule has 0 bridgehead atoms. The van der Waals surface area contributed by atoms with Crippen LogP contribution in [0.4, 0.5) is 0 Å². The van der Waals surface area contributed by atoms with Crippen LogP contribution in [0.1, 0.15) is 414 Å². The first-order valence-electron chi connectivity index (χ1n) is 41.4. The van der Waals surface area contributed by atoms with Crippen LogP contribution in [-0.4, -0.2) is 96.7 Å². The third kappa shape index (κ3) is 72.8. The highest BCUT2D eigenvalue weighted by Gasteiger charge is 2.30. The quantitative estimate of drug-likeness (QED) is 0.0222. The zero-order chi connectivity index (χ0) is 73.0. The van der Waals surface area contributed by atoms with Crippen LogP contribution >= 0.6 is 15.6 Å². The maximum Gasteiger partial charge on any atom is 0.472 e. The van der Waals surface area contributed by atoms with Gasteiger partial charge in [0, 0.05) is 25.7 Å². The fourth-order valence-electron chi connectivity index (χ4n) is 12.3. The molecular formula is C80H156O17P2. The minimum atomic E-state index is -4.96. The lowest BCUT2D eigenvalue weighted by Gasteiger charge is -2.21. The van der Waals surface area contributed by atoms with Crippen molar-refractivity contribution >= 4 is 39.5 Å².